The minimum absolute atomic E-state index is 0.0999. The quantitative estimate of drug-likeness (QED) is 0.799. The number of piperazine rings is 1. The summed E-state index contributed by atoms with van der Waals surface area (Å²) in [6.07, 6.45) is -0.421. The Balaban J connectivity index is 1.50. The number of aryl methyl sites for hydroxylation is 1. The maximum atomic E-state index is 12.5. The van der Waals surface area contributed by atoms with Crippen LogP contribution in [-0.2, 0) is 0 Å². The number of hydrogen-bond acceptors (Lipinski definition) is 3. The lowest BCUT2D eigenvalue weighted by atomic mass is 10.1. The van der Waals surface area contributed by atoms with Crippen LogP contribution in [0.2, 0.25) is 5.02 Å². The number of hydrogen-bond donors (Lipinski definition) is 1. The van der Waals surface area contributed by atoms with E-state index in [1.807, 2.05) is 11.8 Å². The van der Waals surface area contributed by atoms with Crippen LogP contribution in [-0.4, -0.2) is 43.3 Å². The van der Waals surface area contributed by atoms with Gasteiger partial charge in [-0.15, -0.1) is 0 Å². The number of anilines is 1. The molecule has 1 atom stereocenters. The lowest BCUT2D eigenvalue weighted by molar-refractivity contribution is 0.151. The van der Waals surface area contributed by atoms with Gasteiger partial charge in [0.05, 0.1) is 0 Å². The van der Waals surface area contributed by atoms with E-state index >= 15 is 0 Å². The molecule has 1 N–H and O–H groups in total. The first-order chi connectivity index (χ1) is 12.9. The molecule has 0 bridgehead atoms. The summed E-state index contributed by atoms with van der Waals surface area (Å²) >= 11 is 5.87. The molecule has 0 spiro atoms. The smallest absolute Gasteiger partial charge is 0.320 e. The Hall–Kier alpha value is -2.40. The molecule has 3 rings (SSSR count). The summed E-state index contributed by atoms with van der Waals surface area (Å²) in [5, 5.41) is 3.55. The van der Waals surface area contributed by atoms with Crippen molar-refractivity contribution in [3.05, 3.63) is 58.6 Å². The predicted molar refractivity (Wildman–Crippen MR) is 110 cm³/mol. The molecule has 0 radical (unpaired) electrons. The number of nitrogens with zero attached hydrogens (tertiary/aromatic N) is 2. The minimum Gasteiger partial charge on any atom is -0.471 e. The van der Waals surface area contributed by atoms with Crippen LogP contribution in [0, 0.1) is 13.8 Å². The van der Waals surface area contributed by atoms with Crippen LogP contribution in [0.1, 0.15) is 18.1 Å². The second-order valence-corrected chi connectivity index (χ2v) is 7.29. The largest absolute Gasteiger partial charge is 0.471 e. The Morgan fingerprint density at radius 1 is 1.07 bits per heavy atom. The molecule has 2 amide bonds. The fourth-order valence-corrected chi connectivity index (χ4v) is 3.37. The lowest BCUT2D eigenvalue weighted by Crippen LogP contribution is -2.54. The molecular formula is C21H26ClN3O2. The summed E-state index contributed by atoms with van der Waals surface area (Å²) in [6, 6.07) is 13.4. The molecule has 0 saturated carbocycles. The summed E-state index contributed by atoms with van der Waals surface area (Å²) in [6.45, 7) is 9.12. The number of carbonyl (C=O) groups is 1. The molecule has 1 unspecified atom stereocenters. The molecule has 2 aromatic rings. The molecule has 2 aromatic carbocycles. The van der Waals surface area contributed by atoms with E-state index in [4.69, 9.17) is 16.3 Å². The van der Waals surface area contributed by atoms with Gasteiger partial charge in [-0.3, -0.25) is 0 Å². The van der Waals surface area contributed by atoms with Crippen molar-refractivity contribution in [2.75, 3.05) is 31.1 Å². The van der Waals surface area contributed by atoms with Gasteiger partial charge < -0.3 is 19.9 Å². The van der Waals surface area contributed by atoms with Crippen LogP contribution in [0.4, 0.5) is 10.5 Å². The first-order valence-electron chi connectivity index (χ1n) is 9.23. The summed E-state index contributed by atoms with van der Waals surface area (Å²) < 4.78 is 5.72. The Bertz CT molecular complexity index is 787. The van der Waals surface area contributed by atoms with Crippen LogP contribution < -0.4 is 15.0 Å². The third-order valence-electron chi connectivity index (χ3n) is 4.94. The SMILES string of the molecule is Cc1cccc(N2CCN(C(=O)NC(C)Oc3ccc(Cl)cc3)CC2)c1C. The highest BCUT2D eigenvalue weighted by Gasteiger charge is 2.23. The number of rotatable bonds is 4. The van der Waals surface area contributed by atoms with Gasteiger partial charge >= 0.3 is 6.03 Å². The minimum atomic E-state index is -0.421. The highest BCUT2D eigenvalue weighted by Crippen LogP contribution is 2.24. The fraction of sp³-hybridized carbons (Fsp3) is 0.381. The van der Waals surface area contributed by atoms with Gasteiger partial charge in [0.25, 0.3) is 0 Å². The van der Waals surface area contributed by atoms with Crippen LogP contribution in [0.25, 0.3) is 0 Å². The molecule has 6 heteroatoms. The van der Waals surface area contributed by atoms with Crippen molar-refractivity contribution < 1.29 is 9.53 Å². The predicted octanol–water partition coefficient (Wildman–Crippen LogP) is 4.21. The van der Waals surface area contributed by atoms with Crippen molar-refractivity contribution in [3.8, 4) is 5.75 Å². The lowest BCUT2D eigenvalue weighted by Gasteiger charge is -2.37. The zero-order chi connectivity index (χ0) is 19.4. The molecule has 144 valence electrons. The number of nitrogens with one attached hydrogen (secondary N) is 1. The number of urea groups is 1. The Kier molecular flexibility index (Phi) is 6.11. The number of benzene rings is 2. The summed E-state index contributed by atoms with van der Waals surface area (Å²) in [5.41, 5.74) is 3.86. The van der Waals surface area contributed by atoms with Crippen LogP contribution in [0.3, 0.4) is 0 Å². The highest BCUT2D eigenvalue weighted by atomic mass is 35.5. The molecular weight excluding hydrogens is 362 g/mol. The average Bonchev–Trinajstić information content (AvgIpc) is 2.66. The van der Waals surface area contributed by atoms with E-state index in [-0.39, 0.29) is 6.03 Å². The van der Waals surface area contributed by atoms with Crippen LogP contribution in [0.5, 0.6) is 5.75 Å². The van der Waals surface area contributed by atoms with Gasteiger partial charge in [-0.05, 0) is 62.2 Å². The van der Waals surface area contributed by atoms with E-state index < -0.39 is 6.23 Å². The summed E-state index contributed by atoms with van der Waals surface area (Å²) in [7, 11) is 0. The summed E-state index contributed by atoms with van der Waals surface area (Å²) in [5.74, 6) is 0.673. The van der Waals surface area contributed by atoms with Gasteiger partial charge in [-0.25, -0.2) is 4.79 Å². The number of ether oxygens (including phenoxy) is 1. The van der Waals surface area contributed by atoms with Crippen LogP contribution >= 0.6 is 11.6 Å². The molecule has 1 heterocycles. The van der Waals surface area contributed by atoms with Crippen molar-refractivity contribution in [2.24, 2.45) is 0 Å². The standard InChI is InChI=1S/C21H26ClN3O2/c1-15-5-4-6-20(16(15)2)24-11-13-25(14-12-24)21(26)23-17(3)27-19-9-7-18(22)8-10-19/h4-10,17H,11-14H2,1-3H3,(H,23,26). The number of carbonyl (C=O) groups excluding carboxylic acids is 1. The highest BCUT2D eigenvalue weighted by molar-refractivity contribution is 6.30. The van der Waals surface area contributed by atoms with Crippen molar-refractivity contribution in [3.63, 3.8) is 0 Å². The normalized spacial score (nSPS) is 15.4. The molecule has 1 aliphatic heterocycles. The fourth-order valence-electron chi connectivity index (χ4n) is 3.24. The zero-order valence-corrected chi connectivity index (χ0v) is 16.8. The molecule has 0 aromatic heterocycles. The molecule has 27 heavy (non-hydrogen) atoms. The molecule has 1 saturated heterocycles. The van der Waals surface area contributed by atoms with Gasteiger partial charge in [-0.1, -0.05) is 23.7 Å². The monoisotopic (exact) mass is 387 g/mol. The van der Waals surface area contributed by atoms with Crippen molar-refractivity contribution >= 4 is 23.3 Å². The second-order valence-electron chi connectivity index (χ2n) is 6.86. The maximum Gasteiger partial charge on any atom is 0.320 e. The molecule has 0 aliphatic carbocycles. The van der Waals surface area contributed by atoms with Crippen molar-refractivity contribution in [1.29, 1.82) is 0 Å². The van der Waals surface area contributed by atoms with Crippen LogP contribution in [0.15, 0.2) is 42.5 Å². The van der Waals surface area contributed by atoms with E-state index in [0.717, 1.165) is 13.1 Å². The van der Waals surface area contributed by atoms with Crippen molar-refractivity contribution in [2.45, 2.75) is 27.0 Å². The Labute approximate surface area is 165 Å². The van der Waals surface area contributed by atoms with Gasteiger partial charge in [-0.2, -0.15) is 0 Å². The van der Waals surface area contributed by atoms with Gasteiger partial charge in [0.15, 0.2) is 6.23 Å². The first kappa shape index (κ1) is 19.4. The third kappa shape index (κ3) is 4.86. The maximum absolute atomic E-state index is 12.5. The molecule has 1 fully saturated rings. The molecule has 1 aliphatic rings. The molecule has 5 nitrogen and oxygen atoms in total. The summed E-state index contributed by atoms with van der Waals surface area (Å²) in [4.78, 5) is 16.7. The Morgan fingerprint density at radius 2 is 1.74 bits per heavy atom. The topological polar surface area (TPSA) is 44.8 Å². The third-order valence-corrected chi connectivity index (χ3v) is 5.19. The van der Waals surface area contributed by atoms with E-state index in [1.54, 1.807) is 24.3 Å². The van der Waals surface area contributed by atoms with E-state index in [1.165, 1.54) is 16.8 Å². The first-order valence-corrected chi connectivity index (χ1v) is 9.60. The van der Waals surface area contributed by atoms with Gasteiger partial charge in [0, 0.05) is 36.9 Å². The average molecular weight is 388 g/mol. The number of amides is 2. The van der Waals surface area contributed by atoms with E-state index in [2.05, 4.69) is 42.3 Å². The Morgan fingerprint density at radius 3 is 2.41 bits per heavy atom. The number of halogens is 1. The second kappa shape index (κ2) is 8.53. The zero-order valence-electron chi connectivity index (χ0n) is 16.0. The van der Waals surface area contributed by atoms with E-state index in [0.29, 0.717) is 23.9 Å². The van der Waals surface area contributed by atoms with Gasteiger partial charge in [0.2, 0.25) is 0 Å². The van der Waals surface area contributed by atoms with E-state index in [9.17, 15) is 4.79 Å². The van der Waals surface area contributed by atoms with Gasteiger partial charge in [0.1, 0.15) is 5.75 Å². The van der Waals surface area contributed by atoms with Crippen molar-refractivity contribution in [1.82, 2.24) is 10.2 Å².